The van der Waals surface area contributed by atoms with E-state index < -0.39 is 0 Å². The fourth-order valence-electron chi connectivity index (χ4n) is 1.61. The summed E-state index contributed by atoms with van der Waals surface area (Å²) < 4.78 is 0. The van der Waals surface area contributed by atoms with Gasteiger partial charge < -0.3 is 0 Å². The maximum atomic E-state index is 6.14. The molecular formula is C12H7ClNP. The largest absolute Gasteiger partial charge is 0.247 e. The fourth-order valence-corrected chi connectivity index (χ4v) is 2.97. The lowest BCUT2D eigenvalue weighted by molar-refractivity contribution is 1.52. The van der Waals surface area contributed by atoms with Crippen molar-refractivity contribution in [3.63, 3.8) is 0 Å². The van der Waals surface area contributed by atoms with Crippen molar-refractivity contribution < 1.29 is 0 Å². The molecule has 72 valence electrons. The first-order valence-electron chi connectivity index (χ1n) is 4.65. The summed E-state index contributed by atoms with van der Waals surface area (Å²) in [5.74, 6) is 0. The number of nitrogens with zero attached hydrogens (tertiary/aromatic N) is 1. The zero-order chi connectivity index (χ0) is 10.3. The van der Waals surface area contributed by atoms with Gasteiger partial charge in [-0.25, -0.2) is 4.98 Å². The standard InChI is InChI=1S/C12H7ClNP/c13-8-4-3-6-10-12(8)15-11-7-2-1-5-9(11)14-10/h1-7H. The molecule has 0 N–H and O–H groups in total. The van der Waals surface area contributed by atoms with Gasteiger partial charge >= 0.3 is 0 Å². The Labute approximate surface area is 93.8 Å². The maximum Gasteiger partial charge on any atom is 0.0770 e. The molecule has 2 aromatic carbocycles. The van der Waals surface area contributed by atoms with Crippen LogP contribution in [0.15, 0.2) is 42.5 Å². The number of benzene rings is 2. The van der Waals surface area contributed by atoms with Crippen LogP contribution in [-0.2, 0) is 0 Å². The van der Waals surface area contributed by atoms with Crippen molar-refractivity contribution in [2.45, 2.75) is 0 Å². The first kappa shape index (κ1) is 9.08. The van der Waals surface area contributed by atoms with Crippen LogP contribution in [0.3, 0.4) is 0 Å². The smallest absolute Gasteiger partial charge is 0.0770 e. The number of hydrogen-bond acceptors (Lipinski definition) is 1. The van der Waals surface area contributed by atoms with E-state index in [9.17, 15) is 0 Å². The number of fused-ring (bicyclic) bond motifs is 2. The number of halogens is 1. The Morgan fingerprint density at radius 3 is 2.67 bits per heavy atom. The number of para-hydroxylation sites is 1. The van der Waals surface area contributed by atoms with E-state index >= 15 is 0 Å². The number of rotatable bonds is 0. The quantitative estimate of drug-likeness (QED) is 0.515. The summed E-state index contributed by atoms with van der Waals surface area (Å²) in [6.45, 7) is 0. The minimum atomic E-state index is 0.799. The summed E-state index contributed by atoms with van der Waals surface area (Å²) in [6.07, 6.45) is 0. The fraction of sp³-hybridized carbons (Fsp3) is 0. The highest BCUT2D eigenvalue weighted by Gasteiger charge is 2.02. The van der Waals surface area contributed by atoms with Gasteiger partial charge in [0.1, 0.15) is 0 Å². The predicted octanol–water partition coefficient (Wildman–Crippen LogP) is 4.62. The number of aromatic nitrogens is 1. The Hall–Kier alpha value is -1.17. The highest BCUT2D eigenvalue weighted by Crippen LogP contribution is 2.34. The van der Waals surface area contributed by atoms with Crippen LogP contribution in [0.4, 0.5) is 0 Å². The van der Waals surface area contributed by atoms with Gasteiger partial charge in [-0.2, -0.15) is 0 Å². The second kappa shape index (κ2) is 3.44. The van der Waals surface area contributed by atoms with Gasteiger partial charge in [0.25, 0.3) is 0 Å². The zero-order valence-corrected chi connectivity index (χ0v) is 9.46. The van der Waals surface area contributed by atoms with Crippen LogP contribution < -0.4 is 0 Å². The van der Waals surface area contributed by atoms with E-state index in [0.29, 0.717) is 0 Å². The molecule has 15 heavy (non-hydrogen) atoms. The van der Waals surface area contributed by atoms with Gasteiger partial charge in [-0.3, -0.25) is 0 Å². The molecule has 0 saturated carbocycles. The monoisotopic (exact) mass is 231 g/mol. The zero-order valence-electron chi connectivity index (χ0n) is 7.81. The van der Waals surface area contributed by atoms with Gasteiger partial charge in [-0.05, 0) is 24.3 Å². The van der Waals surface area contributed by atoms with Crippen molar-refractivity contribution in [2.75, 3.05) is 0 Å². The Morgan fingerprint density at radius 2 is 1.73 bits per heavy atom. The summed E-state index contributed by atoms with van der Waals surface area (Å²) in [6, 6.07) is 14.0. The van der Waals surface area contributed by atoms with E-state index in [1.54, 1.807) is 0 Å². The average Bonchev–Trinajstić information content (AvgIpc) is 2.27. The van der Waals surface area contributed by atoms with E-state index in [-0.39, 0.29) is 0 Å². The molecule has 0 aliphatic rings. The SMILES string of the molecule is Clc1cccc2nc3ccccc3pc12. The van der Waals surface area contributed by atoms with Crippen LogP contribution in [0.25, 0.3) is 21.3 Å². The molecule has 0 spiro atoms. The molecule has 3 aromatic rings. The lowest BCUT2D eigenvalue weighted by Crippen LogP contribution is -1.78. The lowest BCUT2D eigenvalue weighted by Gasteiger charge is -2.01. The number of hydrogen-bond donors (Lipinski definition) is 0. The van der Waals surface area contributed by atoms with Crippen LogP contribution in [0.2, 0.25) is 5.02 Å². The molecule has 1 aromatic heterocycles. The van der Waals surface area contributed by atoms with E-state index in [4.69, 9.17) is 11.6 Å². The molecule has 0 fully saturated rings. The van der Waals surface area contributed by atoms with Crippen LogP contribution in [0.5, 0.6) is 0 Å². The summed E-state index contributed by atoms with van der Waals surface area (Å²) in [4.78, 5) is 4.58. The van der Waals surface area contributed by atoms with Gasteiger partial charge in [-0.15, -0.1) is 0 Å². The van der Waals surface area contributed by atoms with Crippen molar-refractivity contribution in [3.05, 3.63) is 47.5 Å². The minimum Gasteiger partial charge on any atom is -0.247 e. The molecule has 0 unspecified atom stereocenters. The van der Waals surface area contributed by atoms with Gasteiger partial charge in [0.2, 0.25) is 0 Å². The highest BCUT2D eigenvalue weighted by molar-refractivity contribution is 7.43. The predicted molar refractivity (Wildman–Crippen MR) is 66.8 cm³/mol. The Kier molecular flexibility index (Phi) is 2.09. The second-order valence-corrected chi connectivity index (χ2v) is 4.88. The molecule has 0 saturated heterocycles. The Bertz CT molecular complexity index is 651. The Morgan fingerprint density at radius 1 is 0.933 bits per heavy atom. The molecule has 1 nitrogen and oxygen atoms in total. The van der Waals surface area contributed by atoms with Crippen LogP contribution in [0, 0.1) is 0 Å². The van der Waals surface area contributed by atoms with Crippen molar-refractivity contribution in [1.29, 1.82) is 0 Å². The van der Waals surface area contributed by atoms with Crippen molar-refractivity contribution >= 4 is 41.1 Å². The van der Waals surface area contributed by atoms with Gasteiger partial charge in [0.05, 0.1) is 16.1 Å². The third-order valence-electron chi connectivity index (χ3n) is 2.32. The maximum absolute atomic E-state index is 6.14. The summed E-state index contributed by atoms with van der Waals surface area (Å²) in [5.41, 5.74) is 2.04. The third kappa shape index (κ3) is 1.49. The molecule has 0 radical (unpaired) electrons. The average molecular weight is 232 g/mol. The molecule has 0 bridgehead atoms. The van der Waals surface area contributed by atoms with E-state index in [2.05, 4.69) is 11.1 Å². The molecular weight excluding hydrogens is 225 g/mol. The molecule has 1 heterocycles. The molecule has 3 rings (SSSR count). The van der Waals surface area contributed by atoms with Crippen LogP contribution in [0.1, 0.15) is 0 Å². The summed E-state index contributed by atoms with van der Waals surface area (Å²) in [5, 5.41) is 3.13. The Balaban J connectivity index is 2.53. The van der Waals surface area contributed by atoms with Crippen LogP contribution in [-0.4, -0.2) is 4.98 Å². The summed E-state index contributed by atoms with van der Waals surface area (Å²) >= 11 is 6.14. The highest BCUT2D eigenvalue weighted by atomic mass is 35.5. The first-order chi connectivity index (χ1) is 7.34. The van der Waals surface area contributed by atoms with Crippen molar-refractivity contribution in [2.24, 2.45) is 0 Å². The topological polar surface area (TPSA) is 12.9 Å². The molecule has 0 aliphatic heterocycles. The van der Waals surface area contributed by atoms with E-state index in [1.807, 2.05) is 36.4 Å². The van der Waals surface area contributed by atoms with Crippen molar-refractivity contribution in [3.8, 4) is 0 Å². The molecule has 0 atom stereocenters. The van der Waals surface area contributed by atoms with E-state index in [0.717, 1.165) is 29.4 Å². The minimum absolute atomic E-state index is 0.799. The third-order valence-corrected chi connectivity index (χ3v) is 4.08. The van der Waals surface area contributed by atoms with Gasteiger partial charge in [-0.1, -0.05) is 38.0 Å². The molecule has 3 heteroatoms. The molecule has 0 aliphatic carbocycles. The lowest BCUT2D eigenvalue weighted by atomic mass is 10.3. The van der Waals surface area contributed by atoms with Gasteiger partial charge in [0, 0.05) is 10.2 Å². The van der Waals surface area contributed by atoms with Crippen LogP contribution >= 0.6 is 19.8 Å². The van der Waals surface area contributed by atoms with E-state index in [1.165, 1.54) is 5.12 Å². The first-order valence-corrected chi connectivity index (χ1v) is 5.93. The summed E-state index contributed by atoms with van der Waals surface area (Å²) in [7, 11) is 1.15. The molecule has 0 amide bonds. The normalized spacial score (nSPS) is 11.5. The van der Waals surface area contributed by atoms with Crippen molar-refractivity contribution in [1.82, 2.24) is 4.98 Å². The van der Waals surface area contributed by atoms with Gasteiger partial charge in [0.15, 0.2) is 0 Å². The second-order valence-electron chi connectivity index (χ2n) is 3.32.